The fourth-order valence-corrected chi connectivity index (χ4v) is 4.40. The molecule has 1 aliphatic rings. The number of ether oxygens (including phenoxy) is 3. The molecule has 208 valence electrons. The van der Waals surface area contributed by atoms with Crippen molar-refractivity contribution in [1.82, 2.24) is 10.2 Å². The van der Waals surface area contributed by atoms with Crippen LogP contribution in [-0.4, -0.2) is 70.0 Å². The van der Waals surface area contributed by atoms with Gasteiger partial charge in [-0.25, -0.2) is 0 Å². The van der Waals surface area contributed by atoms with E-state index < -0.39 is 0 Å². The van der Waals surface area contributed by atoms with Gasteiger partial charge in [-0.1, -0.05) is 20.8 Å². The van der Waals surface area contributed by atoms with Crippen molar-refractivity contribution in [1.29, 1.82) is 5.41 Å². The van der Waals surface area contributed by atoms with Crippen molar-refractivity contribution in [2.75, 3.05) is 52.9 Å². The first-order valence-electron chi connectivity index (χ1n) is 12.4. The van der Waals surface area contributed by atoms with Crippen LogP contribution in [0.2, 0.25) is 0 Å². The number of nitrogens with one attached hydrogen (secondary N) is 3. The molecule has 0 aliphatic carbocycles. The van der Waals surface area contributed by atoms with Crippen LogP contribution in [0.15, 0.2) is 24.3 Å². The molecule has 1 amide bonds. The van der Waals surface area contributed by atoms with Gasteiger partial charge in [0.25, 0.3) is 5.91 Å². The Balaban J connectivity index is 0.00000507. The normalized spacial score (nSPS) is 12.5. The molecular weight excluding hydrogens is 552 g/mol. The molecule has 0 aromatic heterocycles. The Morgan fingerprint density at radius 3 is 2.42 bits per heavy atom. The fourth-order valence-electron chi connectivity index (χ4n) is 4.40. The molecule has 0 fully saturated rings. The largest absolute Gasteiger partial charge is 0.494 e. The number of carbonyl (C=O) groups excluding carboxylic acids is 2. The highest BCUT2D eigenvalue weighted by Crippen LogP contribution is 2.39. The Hall–Kier alpha value is -3.11. The lowest BCUT2D eigenvalue weighted by Crippen LogP contribution is -2.30. The summed E-state index contributed by atoms with van der Waals surface area (Å²) in [5.41, 5.74) is 3.77. The number of hydrogen-bond donors (Lipinski definition) is 3. The third-order valence-electron chi connectivity index (χ3n) is 6.29. The summed E-state index contributed by atoms with van der Waals surface area (Å²) in [4.78, 5) is 27.6. The predicted octanol–water partition coefficient (Wildman–Crippen LogP) is 4.41. The van der Waals surface area contributed by atoms with Gasteiger partial charge in [-0.05, 0) is 42.2 Å². The molecule has 0 radical (unpaired) electrons. The Labute approximate surface area is 235 Å². The molecule has 2 aromatic carbocycles. The van der Waals surface area contributed by atoms with E-state index in [0.29, 0.717) is 54.5 Å². The Bertz CT molecular complexity index is 1190. The maximum atomic E-state index is 13.5. The first-order chi connectivity index (χ1) is 17.5. The van der Waals surface area contributed by atoms with Crippen LogP contribution in [-0.2, 0) is 16.7 Å². The molecule has 0 spiro atoms. The van der Waals surface area contributed by atoms with Crippen LogP contribution in [0.4, 0.5) is 5.69 Å². The van der Waals surface area contributed by atoms with E-state index in [-0.39, 0.29) is 46.5 Å². The maximum Gasteiger partial charge on any atom is 0.254 e. The molecule has 0 unspecified atom stereocenters. The quantitative estimate of drug-likeness (QED) is 0.262. The number of ketones is 1. The number of methoxy groups -OCH3 is 2. The number of benzene rings is 2. The number of amidine groups is 1. The summed E-state index contributed by atoms with van der Waals surface area (Å²) >= 11 is 0. The van der Waals surface area contributed by atoms with E-state index in [1.807, 2.05) is 13.0 Å². The molecule has 1 aliphatic heterocycles. The number of fused-ring (bicyclic) bond motifs is 1. The number of hydrogen-bond acceptors (Lipinski definition) is 7. The second kappa shape index (κ2) is 13.1. The summed E-state index contributed by atoms with van der Waals surface area (Å²) in [5, 5.41) is 14.7. The van der Waals surface area contributed by atoms with Gasteiger partial charge < -0.3 is 29.7 Å². The number of nitrogens with zero attached hydrogens (tertiary/aromatic N) is 1. The topological polar surface area (TPSA) is 113 Å². The molecular formula is C28H39BrN4O5. The lowest BCUT2D eigenvalue weighted by molar-refractivity contribution is 0.0953. The van der Waals surface area contributed by atoms with Gasteiger partial charge >= 0.3 is 0 Å². The van der Waals surface area contributed by atoms with Crippen molar-refractivity contribution in [3.63, 3.8) is 0 Å². The van der Waals surface area contributed by atoms with E-state index in [2.05, 4.69) is 31.4 Å². The van der Waals surface area contributed by atoms with Crippen molar-refractivity contribution < 1.29 is 23.8 Å². The third kappa shape index (κ3) is 6.66. The van der Waals surface area contributed by atoms with Gasteiger partial charge in [0.1, 0.15) is 17.3 Å². The van der Waals surface area contributed by atoms with E-state index in [0.717, 1.165) is 16.8 Å². The SMILES string of the molecule is Br.CCOc1cc2c(cc1C(=O)NC)C(=N)N(CC(=O)c1cc(NCCOC)c(OC)c(C(C)(C)C)c1)C2. The average molecular weight is 592 g/mol. The minimum absolute atomic E-state index is 0. The van der Waals surface area contributed by atoms with Crippen LogP contribution in [0.5, 0.6) is 11.5 Å². The van der Waals surface area contributed by atoms with E-state index in [9.17, 15) is 9.59 Å². The number of halogens is 1. The Kier molecular flexibility index (Phi) is 10.7. The Morgan fingerprint density at radius 2 is 1.84 bits per heavy atom. The van der Waals surface area contributed by atoms with E-state index >= 15 is 0 Å². The van der Waals surface area contributed by atoms with Crippen molar-refractivity contribution in [2.45, 2.75) is 39.7 Å². The van der Waals surface area contributed by atoms with Crippen LogP contribution >= 0.6 is 17.0 Å². The third-order valence-corrected chi connectivity index (χ3v) is 6.29. The molecule has 38 heavy (non-hydrogen) atoms. The summed E-state index contributed by atoms with van der Waals surface area (Å²) in [7, 11) is 4.82. The van der Waals surface area contributed by atoms with Gasteiger partial charge in [0.15, 0.2) is 5.78 Å². The first kappa shape index (κ1) is 31.1. The number of carbonyl (C=O) groups is 2. The second-order valence-corrected chi connectivity index (χ2v) is 9.92. The number of anilines is 1. The fraction of sp³-hybridized carbons (Fsp3) is 0.464. The van der Waals surface area contributed by atoms with E-state index in [1.54, 1.807) is 44.4 Å². The second-order valence-electron chi connectivity index (χ2n) is 9.92. The predicted molar refractivity (Wildman–Crippen MR) is 155 cm³/mol. The molecule has 0 saturated carbocycles. The summed E-state index contributed by atoms with van der Waals surface area (Å²) in [6.45, 7) is 9.98. The molecule has 0 bridgehead atoms. The van der Waals surface area contributed by atoms with Crippen LogP contribution in [0.25, 0.3) is 0 Å². The first-order valence-corrected chi connectivity index (χ1v) is 12.4. The zero-order valence-corrected chi connectivity index (χ0v) is 25.0. The minimum Gasteiger partial charge on any atom is -0.494 e. The van der Waals surface area contributed by atoms with Gasteiger partial charge in [0.05, 0.1) is 38.1 Å². The van der Waals surface area contributed by atoms with Crippen LogP contribution < -0.4 is 20.1 Å². The number of rotatable bonds is 11. The minimum atomic E-state index is -0.282. The highest BCUT2D eigenvalue weighted by Gasteiger charge is 2.30. The molecule has 0 saturated heterocycles. The lowest BCUT2D eigenvalue weighted by atomic mass is 9.84. The van der Waals surface area contributed by atoms with Gasteiger partial charge in [-0.3, -0.25) is 15.0 Å². The molecule has 2 aromatic rings. The summed E-state index contributed by atoms with van der Waals surface area (Å²) < 4.78 is 16.6. The summed E-state index contributed by atoms with van der Waals surface area (Å²) in [6, 6.07) is 7.16. The van der Waals surface area contributed by atoms with E-state index in [1.165, 1.54) is 0 Å². The zero-order valence-electron chi connectivity index (χ0n) is 23.2. The van der Waals surface area contributed by atoms with Crippen LogP contribution in [0.1, 0.15) is 65.1 Å². The van der Waals surface area contributed by atoms with Gasteiger partial charge in [0.2, 0.25) is 0 Å². The molecule has 3 rings (SSSR count). The molecule has 9 nitrogen and oxygen atoms in total. The maximum absolute atomic E-state index is 13.5. The summed E-state index contributed by atoms with van der Waals surface area (Å²) in [5.74, 6) is 0.983. The van der Waals surface area contributed by atoms with Crippen molar-refractivity contribution in [3.05, 3.63) is 52.1 Å². The van der Waals surface area contributed by atoms with E-state index in [4.69, 9.17) is 19.6 Å². The number of Topliss-reactive ketones (excluding diaryl/α,β-unsaturated/α-hetero) is 1. The lowest BCUT2D eigenvalue weighted by Gasteiger charge is -2.26. The Morgan fingerprint density at radius 1 is 1.13 bits per heavy atom. The highest BCUT2D eigenvalue weighted by molar-refractivity contribution is 8.93. The van der Waals surface area contributed by atoms with Crippen molar-refractivity contribution >= 4 is 40.2 Å². The van der Waals surface area contributed by atoms with Gasteiger partial charge in [-0.2, -0.15) is 0 Å². The standard InChI is InChI=1S/C28H38N4O5.BrH/c1-8-37-24-13-18-15-32(26(29)19(18)14-20(24)27(34)30-5)16-23(33)17-11-21(28(2,3)4)25(36-7)22(12-17)31-9-10-35-6;/h11-14,29,31H,8-10,15-16H2,1-7H3,(H,30,34);1H. The van der Waals surface area contributed by atoms with Crippen molar-refractivity contribution in [3.8, 4) is 11.5 Å². The average Bonchev–Trinajstić information content (AvgIpc) is 3.16. The number of amides is 1. The molecule has 1 heterocycles. The molecule has 3 N–H and O–H groups in total. The smallest absolute Gasteiger partial charge is 0.254 e. The van der Waals surface area contributed by atoms with Gasteiger partial charge in [-0.15, -0.1) is 17.0 Å². The van der Waals surface area contributed by atoms with Crippen LogP contribution in [0.3, 0.4) is 0 Å². The summed E-state index contributed by atoms with van der Waals surface area (Å²) in [6.07, 6.45) is 0. The van der Waals surface area contributed by atoms with Crippen LogP contribution in [0, 0.1) is 5.41 Å². The monoisotopic (exact) mass is 590 g/mol. The van der Waals surface area contributed by atoms with Gasteiger partial charge in [0, 0.05) is 43.9 Å². The van der Waals surface area contributed by atoms with Crippen molar-refractivity contribution in [2.24, 2.45) is 0 Å². The highest BCUT2D eigenvalue weighted by atomic mass is 79.9. The molecule has 0 atom stereocenters. The molecule has 10 heteroatoms. The zero-order chi connectivity index (χ0) is 27.3.